The van der Waals surface area contributed by atoms with E-state index in [0.29, 0.717) is 6.42 Å². The van der Waals surface area contributed by atoms with Crippen molar-refractivity contribution in [3.8, 4) is 6.07 Å². The van der Waals surface area contributed by atoms with E-state index in [-0.39, 0.29) is 11.8 Å². The Morgan fingerprint density at radius 2 is 2.17 bits per heavy atom. The normalized spacial score (nSPS) is 15.0. The molecular formula is C9H16N2O. The summed E-state index contributed by atoms with van der Waals surface area (Å²) in [5.41, 5.74) is -0.729. The molecule has 0 bridgehead atoms. The lowest BCUT2D eigenvalue weighted by Crippen LogP contribution is -2.48. The molecule has 0 fully saturated rings. The van der Waals surface area contributed by atoms with Crippen LogP contribution in [0.4, 0.5) is 0 Å². The second-order valence-electron chi connectivity index (χ2n) is 3.37. The van der Waals surface area contributed by atoms with Crippen LogP contribution in [-0.4, -0.2) is 11.4 Å². The number of carbonyl (C=O) groups excluding carboxylic acids is 1. The molecule has 1 amide bonds. The number of nitriles is 1. The second-order valence-corrected chi connectivity index (χ2v) is 3.37. The number of hydrogen-bond acceptors (Lipinski definition) is 2. The monoisotopic (exact) mass is 168 g/mol. The van der Waals surface area contributed by atoms with Gasteiger partial charge in [0.15, 0.2) is 0 Å². The van der Waals surface area contributed by atoms with E-state index in [1.807, 2.05) is 13.8 Å². The largest absolute Gasteiger partial charge is 0.338 e. The SMILES string of the molecule is CCC(=O)NC(C)(C#N)C(C)C. The van der Waals surface area contributed by atoms with Crippen molar-refractivity contribution in [3.05, 3.63) is 0 Å². The van der Waals surface area contributed by atoms with Crippen LogP contribution < -0.4 is 5.32 Å². The Hall–Kier alpha value is -1.04. The Morgan fingerprint density at radius 3 is 2.42 bits per heavy atom. The molecule has 0 aromatic carbocycles. The van der Waals surface area contributed by atoms with Gasteiger partial charge in [-0.15, -0.1) is 0 Å². The third-order valence-corrected chi connectivity index (χ3v) is 2.11. The number of carbonyl (C=O) groups is 1. The first-order chi connectivity index (χ1) is 5.46. The molecule has 0 aromatic rings. The van der Waals surface area contributed by atoms with Gasteiger partial charge in [0.05, 0.1) is 6.07 Å². The third kappa shape index (κ3) is 2.54. The van der Waals surface area contributed by atoms with Gasteiger partial charge >= 0.3 is 0 Å². The van der Waals surface area contributed by atoms with Crippen LogP contribution in [0, 0.1) is 17.2 Å². The van der Waals surface area contributed by atoms with Gasteiger partial charge in [0.2, 0.25) is 5.91 Å². The molecule has 0 spiro atoms. The van der Waals surface area contributed by atoms with Gasteiger partial charge in [-0.05, 0) is 12.8 Å². The summed E-state index contributed by atoms with van der Waals surface area (Å²) in [6.45, 7) is 7.34. The van der Waals surface area contributed by atoms with Crippen LogP contribution in [0.1, 0.15) is 34.1 Å². The van der Waals surface area contributed by atoms with Crippen molar-refractivity contribution in [2.45, 2.75) is 39.7 Å². The third-order valence-electron chi connectivity index (χ3n) is 2.11. The lowest BCUT2D eigenvalue weighted by atomic mass is 9.90. The predicted molar refractivity (Wildman–Crippen MR) is 47.3 cm³/mol. The van der Waals surface area contributed by atoms with Crippen molar-refractivity contribution < 1.29 is 4.79 Å². The molecule has 3 nitrogen and oxygen atoms in total. The minimum atomic E-state index is -0.729. The summed E-state index contributed by atoms with van der Waals surface area (Å²) in [6.07, 6.45) is 0.421. The maximum Gasteiger partial charge on any atom is 0.220 e. The second kappa shape index (κ2) is 4.10. The first-order valence-corrected chi connectivity index (χ1v) is 4.18. The summed E-state index contributed by atoms with van der Waals surface area (Å²) in [5.74, 6) is 0.0470. The number of nitrogens with zero attached hydrogens (tertiary/aromatic N) is 1. The van der Waals surface area contributed by atoms with Gasteiger partial charge in [-0.1, -0.05) is 20.8 Å². The van der Waals surface area contributed by atoms with E-state index >= 15 is 0 Å². The molecule has 3 heteroatoms. The number of amides is 1. The topological polar surface area (TPSA) is 52.9 Å². The fourth-order valence-corrected chi connectivity index (χ4v) is 0.679. The Balaban J connectivity index is 4.37. The standard InChI is InChI=1S/C9H16N2O/c1-5-8(12)11-9(4,6-10)7(2)3/h7H,5H2,1-4H3,(H,11,12). The lowest BCUT2D eigenvalue weighted by molar-refractivity contribution is -0.122. The highest BCUT2D eigenvalue weighted by molar-refractivity contribution is 5.76. The van der Waals surface area contributed by atoms with Crippen LogP contribution in [0.5, 0.6) is 0 Å². The molecule has 0 aromatic heterocycles. The molecular weight excluding hydrogens is 152 g/mol. The Labute approximate surface area is 73.8 Å². The van der Waals surface area contributed by atoms with E-state index < -0.39 is 5.54 Å². The predicted octanol–water partition coefficient (Wildman–Crippen LogP) is 1.45. The maximum absolute atomic E-state index is 11.0. The molecule has 68 valence electrons. The van der Waals surface area contributed by atoms with Gasteiger partial charge < -0.3 is 5.32 Å². The van der Waals surface area contributed by atoms with Gasteiger partial charge in [0, 0.05) is 6.42 Å². The molecule has 0 aliphatic carbocycles. The molecule has 0 aliphatic rings. The molecule has 0 saturated carbocycles. The van der Waals surface area contributed by atoms with Gasteiger partial charge in [-0.2, -0.15) is 5.26 Å². The maximum atomic E-state index is 11.0. The average molecular weight is 168 g/mol. The zero-order valence-electron chi connectivity index (χ0n) is 8.14. The highest BCUT2D eigenvalue weighted by Gasteiger charge is 2.29. The number of rotatable bonds is 3. The van der Waals surface area contributed by atoms with Crippen molar-refractivity contribution in [2.75, 3.05) is 0 Å². The first-order valence-electron chi connectivity index (χ1n) is 4.18. The van der Waals surface area contributed by atoms with Crippen LogP contribution in [0.25, 0.3) is 0 Å². The van der Waals surface area contributed by atoms with Crippen LogP contribution >= 0.6 is 0 Å². The van der Waals surface area contributed by atoms with Crippen molar-refractivity contribution in [3.63, 3.8) is 0 Å². The smallest absolute Gasteiger partial charge is 0.220 e. The zero-order valence-corrected chi connectivity index (χ0v) is 8.14. The molecule has 1 N–H and O–H groups in total. The molecule has 1 atom stereocenters. The summed E-state index contributed by atoms with van der Waals surface area (Å²) < 4.78 is 0. The number of nitrogens with one attached hydrogen (secondary N) is 1. The van der Waals surface area contributed by atoms with Crippen molar-refractivity contribution >= 4 is 5.91 Å². The quantitative estimate of drug-likeness (QED) is 0.693. The molecule has 0 heterocycles. The molecule has 0 aliphatic heterocycles. The highest BCUT2D eigenvalue weighted by atomic mass is 16.1. The Kier molecular flexibility index (Phi) is 3.75. The van der Waals surface area contributed by atoms with Crippen molar-refractivity contribution in [1.82, 2.24) is 5.32 Å². The van der Waals surface area contributed by atoms with Gasteiger partial charge in [-0.3, -0.25) is 4.79 Å². The van der Waals surface area contributed by atoms with Crippen molar-refractivity contribution in [2.24, 2.45) is 5.92 Å². The van der Waals surface area contributed by atoms with E-state index in [2.05, 4.69) is 11.4 Å². The van der Waals surface area contributed by atoms with Crippen LogP contribution in [-0.2, 0) is 4.79 Å². The fraction of sp³-hybridized carbons (Fsp3) is 0.778. The van der Waals surface area contributed by atoms with E-state index in [0.717, 1.165) is 0 Å². The van der Waals surface area contributed by atoms with E-state index in [1.54, 1.807) is 13.8 Å². The molecule has 0 radical (unpaired) electrons. The summed E-state index contributed by atoms with van der Waals surface area (Å²) >= 11 is 0. The van der Waals surface area contributed by atoms with Gasteiger partial charge in [-0.25, -0.2) is 0 Å². The summed E-state index contributed by atoms with van der Waals surface area (Å²) in [6, 6.07) is 2.11. The van der Waals surface area contributed by atoms with Crippen LogP contribution in [0.15, 0.2) is 0 Å². The molecule has 12 heavy (non-hydrogen) atoms. The Morgan fingerprint density at radius 1 is 1.67 bits per heavy atom. The summed E-state index contributed by atoms with van der Waals surface area (Å²) in [4.78, 5) is 11.0. The number of hydrogen-bond donors (Lipinski definition) is 1. The average Bonchev–Trinajstić information content (AvgIpc) is 2.03. The molecule has 0 rings (SSSR count). The molecule has 0 saturated heterocycles. The summed E-state index contributed by atoms with van der Waals surface area (Å²) in [5, 5.41) is 11.5. The molecule has 1 unspecified atom stereocenters. The van der Waals surface area contributed by atoms with Crippen LogP contribution in [0.3, 0.4) is 0 Å². The summed E-state index contributed by atoms with van der Waals surface area (Å²) in [7, 11) is 0. The first kappa shape index (κ1) is 11.0. The van der Waals surface area contributed by atoms with Crippen molar-refractivity contribution in [1.29, 1.82) is 5.26 Å². The fourth-order valence-electron chi connectivity index (χ4n) is 0.679. The van der Waals surface area contributed by atoms with Crippen LogP contribution in [0.2, 0.25) is 0 Å². The van der Waals surface area contributed by atoms with E-state index in [4.69, 9.17) is 5.26 Å². The van der Waals surface area contributed by atoms with E-state index in [9.17, 15) is 4.79 Å². The Bertz CT molecular complexity index is 205. The highest BCUT2D eigenvalue weighted by Crippen LogP contribution is 2.14. The van der Waals surface area contributed by atoms with E-state index in [1.165, 1.54) is 0 Å². The minimum Gasteiger partial charge on any atom is -0.338 e. The van der Waals surface area contributed by atoms with Gasteiger partial charge in [0.1, 0.15) is 5.54 Å². The minimum absolute atomic E-state index is 0.0762. The van der Waals surface area contributed by atoms with Gasteiger partial charge in [0.25, 0.3) is 0 Å². The lowest BCUT2D eigenvalue weighted by Gasteiger charge is -2.26. The zero-order chi connectivity index (χ0) is 9.78.